The third-order valence-electron chi connectivity index (χ3n) is 5.71. The summed E-state index contributed by atoms with van der Waals surface area (Å²) in [5.41, 5.74) is 0.924. The number of H-pyrrole nitrogens is 1. The number of ether oxygens (including phenoxy) is 1. The molecule has 2 N–H and O–H groups in total. The van der Waals surface area contributed by atoms with Gasteiger partial charge in [-0.15, -0.1) is 0 Å². The van der Waals surface area contributed by atoms with Crippen molar-refractivity contribution in [3.8, 4) is 0 Å². The molecule has 1 spiro atoms. The van der Waals surface area contributed by atoms with E-state index in [1.54, 1.807) is 25.2 Å². The van der Waals surface area contributed by atoms with E-state index >= 15 is 0 Å². The maximum atomic E-state index is 12.7. The summed E-state index contributed by atoms with van der Waals surface area (Å²) in [5, 5.41) is 3.67. The van der Waals surface area contributed by atoms with Crippen molar-refractivity contribution in [2.45, 2.75) is 50.2 Å². The molecule has 0 bridgehead atoms. The van der Waals surface area contributed by atoms with Gasteiger partial charge in [0.2, 0.25) is 0 Å². The topological polar surface area (TPSA) is 76.1 Å². The van der Waals surface area contributed by atoms with Gasteiger partial charge < -0.3 is 15.0 Å². The summed E-state index contributed by atoms with van der Waals surface area (Å²) in [7, 11) is 1.63. The minimum absolute atomic E-state index is 0.0310. The van der Waals surface area contributed by atoms with E-state index in [1.165, 1.54) is 17.4 Å². The number of benzene rings is 1. The predicted octanol–water partition coefficient (Wildman–Crippen LogP) is 2.82. The third-order valence-corrected chi connectivity index (χ3v) is 6.08. The summed E-state index contributed by atoms with van der Waals surface area (Å²) >= 11 is 5.16. The lowest BCUT2D eigenvalue weighted by atomic mass is 9.89. The van der Waals surface area contributed by atoms with Crippen molar-refractivity contribution >= 4 is 29.0 Å². The molecule has 1 aliphatic carbocycles. The molecule has 1 amide bonds. The lowest BCUT2D eigenvalue weighted by Crippen LogP contribution is -2.47. The zero-order chi connectivity index (χ0) is 18.3. The highest BCUT2D eigenvalue weighted by molar-refractivity contribution is 7.71. The molecule has 138 valence electrons. The fraction of sp³-hybridized carbons (Fsp3) is 0.526. The highest BCUT2D eigenvalue weighted by Crippen LogP contribution is 2.40. The van der Waals surface area contributed by atoms with E-state index in [1.807, 2.05) is 0 Å². The number of fused-ring (bicyclic) bond motifs is 1. The maximum absolute atomic E-state index is 12.7. The molecule has 2 aromatic rings. The average molecular weight is 373 g/mol. The Kier molecular flexibility index (Phi) is 4.44. The van der Waals surface area contributed by atoms with Crippen LogP contribution in [-0.4, -0.2) is 33.7 Å². The van der Waals surface area contributed by atoms with E-state index in [-0.39, 0.29) is 23.1 Å². The summed E-state index contributed by atoms with van der Waals surface area (Å²) in [5.74, 6) is -0.119. The highest BCUT2D eigenvalue weighted by atomic mass is 32.1. The Morgan fingerprint density at radius 3 is 2.92 bits per heavy atom. The van der Waals surface area contributed by atoms with Gasteiger partial charge in [0, 0.05) is 25.3 Å². The molecule has 1 saturated heterocycles. The first-order valence-corrected chi connectivity index (χ1v) is 9.56. The summed E-state index contributed by atoms with van der Waals surface area (Å²) in [6.07, 6.45) is 6.32. The van der Waals surface area contributed by atoms with E-state index in [9.17, 15) is 9.59 Å². The Hall–Kier alpha value is -1.99. The van der Waals surface area contributed by atoms with Crippen LogP contribution >= 0.6 is 12.2 Å². The number of aromatic amines is 1. The second kappa shape index (κ2) is 6.63. The summed E-state index contributed by atoms with van der Waals surface area (Å²) in [6.45, 7) is 0.700. The molecule has 0 radical (unpaired) electrons. The van der Waals surface area contributed by atoms with Gasteiger partial charge in [0.25, 0.3) is 11.5 Å². The molecule has 1 aliphatic heterocycles. The van der Waals surface area contributed by atoms with Crippen LogP contribution in [-0.2, 0) is 11.8 Å². The van der Waals surface area contributed by atoms with Crippen molar-refractivity contribution in [1.82, 2.24) is 14.9 Å². The summed E-state index contributed by atoms with van der Waals surface area (Å²) in [4.78, 5) is 28.0. The molecule has 1 aromatic heterocycles. The molecule has 1 aromatic carbocycles. The van der Waals surface area contributed by atoms with Gasteiger partial charge in [-0.25, -0.2) is 0 Å². The van der Waals surface area contributed by atoms with Crippen LogP contribution < -0.4 is 10.9 Å². The number of amides is 1. The molecular formula is C19H23N3O3S. The van der Waals surface area contributed by atoms with E-state index < -0.39 is 0 Å². The van der Waals surface area contributed by atoms with Crippen molar-refractivity contribution in [2.75, 3.05) is 6.61 Å². The Labute approximate surface area is 156 Å². The Morgan fingerprint density at radius 1 is 1.38 bits per heavy atom. The van der Waals surface area contributed by atoms with Crippen molar-refractivity contribution in [2.24, 2.45) is 7.05 Å². The number of rotatable bonds is 2. The van der Waals surface area contributed by atoms with Gasteiger partial charge >= 0.3 is 0 Å². The summed E-state index contributed by atoms with van der Waals surface area (Å²) < 4.78 is 7.76. The molecule has 6 nitrogen and oxygen atoms in total. The third kappa shape index (κ3) is 3.10. The Bertz CT molecular complexity index is 972. The number of nitrogens with one attached hydrogen (secondary N) is 2. The summed E-state index contributed by atoms with van der Waals surface area (Å²) in [6, 6.07) is 5.21. The lowest BCUT2D eigenvalue weighted by Gasteiger charge is -2.38. The Morgan fingerprint density at radius 2 is 2.15 bits per heavy atom. The van der Waals surface area contributed by atoms with Gasteiger partial charge in [0.15, 0.2) is 4.77 Å². The first kappa shape index (κ1) is 17.4. The molecule has 1 saturated carbocycles. The first-order chi connectivity index (χ1) is 12.5. The number of carbonyl (C=O) groups excluding carboxylic acids is 1. The molecule has 1 atom stereocenters. The van der Waals surface area contributed by atoms with Gasteiger partial charge in [-0.2, -0.15) is 0 Å². The first-order valence-electron chi connectivity index (χ1n) is 9.15. The van der Waals surface area contributed by atoms with E-state index in [2.05, 4.69) is 10.3 Å². The number of aromatic nitrogens is 2. The van der Waals surface area contributed by atoms with Crippen LogP contribution in [0.15, 0.2) is 23.0 Å². The van der Waals surface area contributed by atoms with E-state index in [0.717, 1.165) is 25.7 Å². The van der Waals surface area contributed by atoms with Gasteiger partial charge in [0.1, 0.15) is 0 Å². The number of nitrogens with zero attached hydrogens (tertiary/aromatic N) is 1. The van der Waals surface area contributed by atoms with Gasteiger partial charge in [-0.05, 0) is 56.1 Å². The predicted molar refractivity (Wildman–Crippen MR) is 102 cm³/mol. The largest absolute Gasteiger partial charge is 0.375 e. The van der Waals surface area contributed by atoms with Crippen LogP contribution in [0.1, 0.15) is 48.9 Å². The van der Waals surface area contributed by atoms with Crippen molar-refractivity contribution in [1.29, 1.82) is 0 Å². The maximum Gasteiger partial charge on any atom is 0.261 e. The van der Waals surface area contributed by atoms with Gasteiger partial charge in [-0.3, -0.25) is 14.2 Å². The second-order valence-electron chi connectivity index (χ2n) is 7.46. The second-order valence-corrected chi connectivity index (χ2v) is 7.84. The van der Waals surface area contributed by atoms with Crippen molar-refractivity contribution in [3.63, 3.8) is 0 Å². The van der Waals surface area contributed by atoms with Crippen LogP contribution in [0, 0.1) is 4.77 Å². The van der Waals surface area contributed by atoms with Crippen LogP contribution in [0.3, 0.4) is 0 Å². The molecular weight excluding hydrogens is 350 g/mol. The van der Waals surface area contributed by atoms with E-state index in [0.29, 0.717) is 27.8 Å². The average Bonchev–Trinajstić information content (AvgIpc) is 3.07. The molecule has 2 heterocycles. The van der Waals surface area contributed by atoms with Crippen LogP contribution in [0.2, 0.25) is 0 Å². The van der Waals surface area contributed by atoms with Crippen LogP contribution in [0.25, 0.3) is 10.9 Å². The molecule has 2 aliphatic rings. The monoisotopic (exact) mass is 373 g/mol. The fourth-order valence-electron chi connectivity index (χ4n) is 4.23. The smallest absolute Gasteiger partial charge is 0.261 e. The number of hydrogen-bond acceptors (Lipinski definition) is 4. The zero-order valence-corrected chi connectivity index (χ0v) is 15.7. The van der Waals surface area contributed by atoms with Crippen molar-refractivity contribution < 1.29 is 9.53 Å². The molecule has 4 rings (SSSR count). The Balaban J connectivity index is 1.55. The molecule has 26 heavy (non-hydrogen) atoms. The van der Waals surface area contributed by atoms with Crippen LogP contribution in [0.5, 0.6) is 0 Å². The van der Waals surface area contributed by atoms with Gasteiger partial charge in [0.05, 0.1) is 16.5 Å². The highest BCUT2D eigenvalue weighted by Gasteiger charge is 2.40. The van der Waals surface area contributed by atoms with E-state index in [4.69, 9.17) is 17.0 Å². The number of carbonyl (C=O) groups is 1. The normalized spacial score (nSPS) is 22.0. The van der Waals surface area contributed by atoms with Crippen LogP contribution in [0.4, 0.5) is 0 Å². The van der Waals surface area contributed by atoms with Gasteiger partial charge in [-0.1, -0.05) is 12.8 Å². The van der Waals surface area contributed by atoms with Crippen molar-refractivity contribution in [3.05, 3.63) is 38.9 Å². The fourth-order valence-corrected chi connectivity index (χ4v) is 4.43. The quantitative estimate of drug-likeness (QED) is 0.794. The molecule has 7 heteroatoms. The minimum Gasteiger partial charge on any atom is -0.375 e. The zero-order valence-electron chi connectivity index (χ0n) is 14.8. The molecule has 1 unspecified atom stereocenters. The molecule has 2 fully saturated rings. The SMILES string of the molecule is Cn1c(=S)[nH]c2cc(C(=O)NC3CCOC4(CCCC4)C3)ccc2c1=O. The standard InChI is InChI=1S/C19H23N3O3S/c1-22-17(24)14-5-4-12(10-15(14)21-18(22)26)16(23)20-13-6-9-25-19(11-13)7-2-3-8-19/h4-5,10,13H,2-3,6-9,11H2,1H3,(H,20,23)(H,21,26). The minimum atomic E-state index is -0.164. The number of hydrogen-bond donors (Lipinski definition) is 2. The lowest BCUT2D eigenvalue weighted by molar-refractivity contribution is -0.0823.